The number of ether oxygens (including phenoxy) is 1. The summed E-state index contributed by atoms with van der Waals surface area (Å²) in [5.74, 6) is -0.787. The molecule has 0 aromatic heterocycles. The number of nitrogens with one attached hydrogen (secondary N) is 1. The summed E-state index contributed by atoms with van der Waals surface area (Å²) in [6.45, 7) is 0.824. The molecule has 19 heavy (non-hydrogen) atoms. The molecule has 2 saturated heterocycles. The lowest BCUT2D eigenvalue weighted by atomic mass is 9.95. The fraction of sp³-hybridized carbons (Fsp3) is 0.533. The van der Waals surface area contributed by atoms with Gasteiger partial charge < -0.3 is 15.2 Å². The van der Waals surface area contributed by atoms with Crippen LogP contribution in [0.2, 0.25) is 0 Å². The van der Waals surface area contributed by atoms with Gasteiger partial charge in [0.15, 0.2) is 0 Å². The van der Waals surface area contributed by atoms with Crippen molar-refractivity contribution in [2.24, 2.45) is 0 Å². The van der Waals surface area contributed by atoms with Crippen molar-refractivity contribution in [3.8, 4) is 0 Å². The number of fused-ring (bicyclic) bond motifs is 2. The van der Waals surface area contributed by atoms with Crippen LogP contribution in [0.1, 0.15) is 30.4 Å². The molecular weight excluding hydrogens is 242 g/mol. The van der Waals surface area contributed by atoms with Gasteiger partial charge in [-0.15, -0.1) is 0 Å². The van der Waals surface area contributed by atoms with Gasteiger partial charge in [0.05, 0.1) is 18.6 Å². The molecule has 4 heteroatoms. The second-order valence-electron chi connectivity index (χ2n) is 5.48. The number of aliphatic carboxylic acids is 1. The van der Waals surface area contributed by atoms with Crippen molar-refractivity contribution in [3.05, 3.63) is 35.4 Å². The molecule has 3 atom stereocenters. The maximum absolute atomic E-state index is 10.6. The number of carboxylic acid groups (broad SMARTS) is 1. The standard InChI is InChI=1S/C15H19NO3/c17-15(18)7-10-1-3-11(4-2-10)9-16-13-8-12-5-6-14(13)19-12/h1-4,12-14,16H,5-9H2,(H,17,18). The highest BCUT2D eigenvalue weighted by Crippen LogP contribution is 2.34. The third-order valence-electron chi connectivity index (χ3n) is 4.05. The molecule has 0 spiro atoms. The first kappa shape index (κ1) is 12.6. The van der Waals surface area contributed by atoms with Crippen molar-refractivity contribution < 1.29 is 14.6 Å². The molecule has 2 heterocycles. The molecule has 2 fully saturated rings. The summed E-state index contributed by atoms with van der Waals surface area (Å²) < 4.78 is 5.81. The molecule has 102 valence electrons. The Kier molecular flexibility index (Phi) is 3.53. The lowest BCUT2D eigenvalue weighted by Crippen LogP contribution is -2.36. The van der Waals surface area contributed by atoms with E-state index in [0.29, 0.717) is 18.2 Å². The molecule has 2 N–H and O–H groups in total. The van der Waals surface area contributed by atoms with Crippen molar-refractivity contribution >= 4 is 5.97 Å². The van der Waals surface area contributed by atoms with Crippen LogP contribution in [0, 0.1) is 0 Å². The van der Waals surface area contributed by atoms with Gasteiger partial charge in [-0.05, 0) is 30.4 Å². The molecule has 3 rings (SSSR count). The molecule has 1 aromatic rings. The number of carboxylic acids is 1. The van der Waals surface area contributed by atoms with Crippen LogP contribution in [-0.4, -0.2) is 29.3 Å². The number of carbonyl (C=O) groups is 1. The highest BCUT2D eigenvalue weighted by atomic mass is 16.5. The summed E-state index contributed by atoms with van der Waals surface area (Å²) in [5, 5.41) is 12.3. The smallest absolute Gasteiger partial charge is 0.307 e. The van der Waals surface area contributed by atoms with Gasteiger partial charge in [0.1, 0.15) is 0 Å². The highest BCUT2D eigenvalue weighted by Gasteiger charge is 2.40. The molecule has 0 saturated carbocycles. The molecule has 3 unspecified atom stereocenters. The van der Waals surface area contributed by atoms with E-state index in [9.17, 15) is 4.79 Å². The predicted molar refractivity (Wildman–Crippen MR) is 70.9 cm³/mol. The van der Waals surface area contributed by atoms with Crippen LogP contribution < -0.4 is 5.32 Å². The zero-order valence-electron chi connectivity index (χ0n) is 10.8. The minimum atomic E-state index is -0.787. The third kappa shape index (κ3) is 2.96. The van der Waals surface area contributed by atoms with Crippen LogP contribution in [-0.2, 0) is 22.5 Å². The normalized spacial score (nSPS) is 28.7. The zero-order valence-corrected chi connectivity index (χ0v) is 10.8. The first-order valence-corrected chi connectivity index (χ1v) is 6.89. The summed E-state index contributed by atoms with van der Waals surface area (Å²) in [4.78, 5) is 10.6. The predicted octanol–water partition coefficient (Wildman–Crippen LogP) is 1.72. The molecule has 1 aromatic carbocycles. The summed E-state index contributed by atoms with van der Waals surface area (Å²) >= 11 is 0. The Morgan fingerprint density at radius 1 is 1.26 bits per heavy atom. The molecule has 0 amide bonds. The zero-order chi connectivity index (χ0) is 13.2. The van der Waals surface area contributed by atoms with E-state index in [2.05, 4.69) is 5.32 Å². The van der Waals surface area contributed by atoms with Crippen molar-refractivity contribution in [3.63, 3.8) is 0 Å². The quantitative estimate of drug-likeness (QED) is 0.847. The van der Waals surface area contributed by atoms with E-state index in [-0.39, 0.29) is 6.42 Å². The van der Waals surface area contributed by atoms with Crippen LogP contribution in [0.4, 0.5) is 0 Å². The van der Waals surface area contributed by atoms with Gasteiger partial charge in [0, 0.05) is 12.6 Å². The number of hydrogen-bond donors (Lipinski definition) is 2. The monoisotopic (exact) mass is 261 g/mol. The average Bonchev–Trinajstić information content (AvgIpc) is 2.99. The highest BCUT2D eigenvalue weighted by molar-refractivity contribution is 5.70. The maximum Gasteiger partial charge on any atom is 0.307 e. The lowest BCUT2D eigenvalue weighted by Gasteiger charge is -2.20. The van der Waals surface area contributed by atoms with Crippen molar-refractivity contribution in [2.75, 3.05) is 0 Å². The van der Waals surface area contributed by atoms with Crippen LogP contribution in [0.15, 0.2) is 24.3 Å². The van der Waals surface area contributed by atoms with Crippen LogP contribution in [0.25, 0.3) is 0 Å². The SMILES string of the molecule is O=C(O)Cc1ccc(CNC2CC3CCC2O3)cc1. The van der Waals surface area contributed by atoms with Gasteiger partial charge in [-0.3, -0.25) is 4.79 Å². The molecule has 0 radical (unpaired) electrons. The van der Waals surface area contributed by atoms with Gasteiger partial charge >= 0.3 is 5.97 Å². The van der Waals surface area contributed by atoms with Gasteiger partial charge in [-0.2, -0.15) is 0 Å². The van der Waals surface area contributed by atoms with Crippen LogP contribution >= 0.6 is 0 Å². The Bertz CT molecular complexity index is 457. The van der Waals surface area contributed by atoms with E-state index in [0.717, 1.165) is 18.5 Å². The van der Waals surface area contributed by atoms with E-state index >= 15 is 0 Å². The molecule has 2 aliphatic heterocycles. The Labute approximate surface area is 112 Å². The summed E-state index contributed by atoms with van der Waals surface area (Å²) in [5.41, 5.74) is 2.04. The van der Waals surface area contributed by atoms with Gasteiger partial charge in [-0.1, -0.05) is 24.3 Å². The fourth-order valence-corrected chi connectivity index (χ4v) is 3.05. The van der Waals surface area contributed by atoms with Crippen LogP contribution in [0.3, 0.4) is 0 Å². The van der Waals surface area contributed by atoms with Crippen molar-refractivity contribution in [2.45, 2.75) is 50.5 Å². The van der Waals surface area contributed by atoms with Gasteiger partial charge in [0.2, 0.25) is 0 Å². The van der Waals surface area contributed by atoms with Crippen molar-refractivity contribution in [1.29, 1.82) is 0 Å². The molecular formula is C15H19NO3. The number of rotatable bonds is 5. The van der Waals surface area contributed by atoms with Crippen molar-refractivity contribution in [1.82, 2.24) is 5.32 Å². The number of benzene rings is 1. The lowest BCUT2D eigenvalue weighted by molar-refractivity contribution is -0.136. The van der Waals surface area contributed by atoms with Gasteiger partial charge in [-0.25, -0.2) is 0 Å². The Hall–Kier alpha value is -1.39. The van der Waals surface area contributed by atoms with E-state index in [1.54, 1.807) is 0 Å². The van der Waals surface area contributed by atoms with E-state index < -0.39 is 5.97 Å². The summed E-state index contributed by atoms with van der Waals surface area (Å²) in [7, 11) is 0. The Balaban J connectivity index is 1.51. The molecule has 2 bridgehead atoms. The van der Waals surface area contributed by atoms with E-state index in [1.807, 2.05) is 24.3 Å². The largest absolute Gasteiger partial charge is 0.481 e. The fourth-order valence-electron chi connectivity index (χ4n) is 3.05. The van der Waals surface area contributed by atoms with E-state index in [1.165, 1.54) is 18.4 Å². The summed E-state index contributed by atoms with van der Waals surface area (Å²) in [6, 6.07) is 8.27. The first-order valence-electron chi connectivity index (χ1n) is 6.89. The van der Waals surface area contributed by atoms with Crippen LogP contribution in [0.5, 0.6) is 0 Å². The molecule has 2 aliphatic rings. The second kappa shape index (κ2) is 5.31. The maximum atomic E-state index is 10.6. The van der Waals surface area contributed by atoms with E-state index in [4.69, 9.17) is 9.84 Å². The number of hydrogen-bond acceptors (Lipinski definition) is 3. The second-order valence-corrected chi connectivity index (χ2v) is 5.48. The minimum Gasteiger partial charge on any atom is -0.481 e. The first-order chi connectivity index (χ1) is 9.20. The minimum absolute atomic E-state index is 0.0912. The summed E-state index contributed by atoms with van der Waals surface area (Å²) in [6.07, 6.45) is 4.49. The Morgan fingerprint density at radius 3 is 2.58 bits per heavy atom. The molecule has 0 aliphatic carbocycles. The Morgan fingerprint density at radius 2 is 2.00 bits per heavy atom. The average molecular weight is 261 g/mol. The molecule has 4 nitrogen and oxygen atoms in total. The topological polar surface area (TPSA) is 58.6 Å². The third-order valence-corrected chi connectivity index (χ3v) is 4.05. The van der Waals surface area contributed by atoms with Gasteiger partial charge in [0.25, 0.3) is 0 Å².